The van der Waals surface area contributed by atoms with Gasteiger partial charge in [0.25, 0.3) is 0 Å². The minimum atomic E-state index is -0.745. The third kappa shape index (κ3) is 1.22. The molecule has 2 rings (SSSR count). The zero-order chi connectivity index (χ0) is 8.77. The first kappa shape index (κ1) is 8.05. The summed E-state index contributed by atoms with van der Waals surface area (Å²) < 4.78 is 0. The van der Waals surface area contributed by atoms with E-state index in [9.17, 15) is 4.79 Å². The highest BCUT2D eigenvalue weighted by Gasteiger charge is 2.53. The normalized spacial score (nSPS) is 45.1. The van der Waals surface area contributed by atoms with E-state index in [1.54, 1.807) is 0 Å². The molecule has 0 amide bonds. The van der Waals surface area contributed by atoms with Gasteiger partial charge in [0.1, 0.15) is 0 Å². The summed E-state index contributed by atoms with van der Waals surface area (Å²) in [6.07, 6.45) is 4.62. The smallest absolute Gasteiger partial charge is 0.305 e. The minimum Gasteiger partial charge on any atom is -0.481 e. The lowest BCUT2D eigenvalue weighted by molar-refractivity contribution is -0.138. The lowest BCUT2D eigenvalue weighted by Gasteiger charge is -2.31. The van der Waals surface area contributed by atoms with Crippen molar-refractivity contribution in [3.8, 4) is 0 Å². The van der Waals surface area contributed by atoms with Crippen LogP contribution < -0.4 is 5.73 Å². The van der Waals surface area contributed by atoms with Crippen LogP contribution in [0.25, 0.3) is 0 Å². The van der Waals surface area contributed by atoms with E-state index in [1.807, 2.05) is 0 Å². The monoisotopic (exact) mass is 169 g/mol. The summed E-state index contributed by atoms with van der Waals surface area (Å²) in [6, 6.07) is 0. The SMILES string of the molecule is NC1(CC(=O)O)CCCC2CC21. The van der Waals surface area contributed by atoms with Gasteiger partial charge in [0.2, 0.25) is 0 Å². The van der Waals surface area contributed by atoms with E-state index >= 15 is 0 Å². The fraction of sp³-hybridized carbons (Fsp3) is 0.889. The van der Waals surface area contributed by atoms with Gasteiger partial charge in [-0.25, -0.2) is 0 Å². The van der Waals surface area contributed by atoms with Gasteiger partial charge in [0, 0.05) is 5.54 Å². The Hall–Kier alpha value is -0.570. The van der Waals surface area contributed by atoms with Gasteiger partial charge in [0.05, 0.1) is 6.42 Å². The van der Waals surface area contributed by atoms with Crippen molar-refractivity contribution < 1.29 is 9.90 Å². The Bertz CT molecular complexity index is 217. The number of carboxylic acid groups (broad SMARTS) is 1. The molecule has 0 spiro atoms. The molecule has 2 saturated carbocycles. The predicted molar refractivity (Wildman–Crippen MR) is 44.6 cm³/mol. The maximum atomic E-state index is 10.6. The van der Waals surface area contributed by atoms with Crippen molar-refractivity contribution in [1.29, 1.82) is 0 Å². The summed E-state index contributed by atoms with van der Waals surface area (Å²) in [5.41, 5.74) is 5.70. The Labute approximate surface area is 71.9 Å². The summed E-state index contributed by atoms with van der Waals surface area (Å²) in [5.74, 6) is 0.524. The van der Waals surface area contributed by atoms with Gasteiger partial charge in [-0.1, -0.05) is 12.8 Å². The molecule has 2 aliphatic rings. The number of hydrogen-bond acceptors (Lipinski definition) is 2. The Balaban J connectivity index is 2.03. The van der Waals surface area contributed by atoms with Crippen LogP contribution >= 0.6 is 0 Å². The van der Waals surface area contributed by atoms with E-state index in [1.165, 1.54) is 12.8 Å². The van der Waals surface area contributed by atoms with E-state index in [0.717, 1.165) is 18.8 Å². The first-order chi connectivity index (χ1) is 5.62. The molecule has 3 atom stereocenters. The summed E-state index contributed by atoms with van der Waals surface area (Å²) in [5, 5.41) is 8.69. The van der Waals surface area contributed by atoms with Gasteiger partial charge in [-0.05, 0) is 24.7 Å². The third-order valence-electron chi connectivity index (χ3n) is 3.36. The van der Waals surface area contributed by atoms with Crippen molar-refractivity contribution in [3.05, 3.63) is 0 Å². The highest BCUT2D eigenvalue weighted by atomic mass is 16.4. The average Bonchev–Trinajstić information content (AvgIpc) is 2.64. The predicted octanol–water partition coefficient (Wildman–Crippen LogP) is 0.979. The van der Waals surface area contributed by atoms with Crippen LogP contribution in [0.4, 0.5) is 0 Å². The average molecular weight is 169 g/mol. The summed E-state index contributed by atoms with van der Waals surface area (Å²) >= 11 is 0. The van der Waals surface area contributed by atoms with Gasteiger partial charge in [-0.2, -0.15) is 0 Å². The lowest BCUT2D eigenvalue weighted by atomic mass is 9.80. The van der Waals surface area contributed by atoms with Crippen molar-refractivity contribution in [2.24, 2.45) is 17.6 Å². The molecule has 12 heavy (non-hydrogen) atoms. The van der Waals surface area contributed by atoms with Gasteiger partial charge < -0.3 is 10.8 Å². The Morgan fingerprint density at radius 3 is 3.08 bits per heavy atom. The summed E-state index contributed by atoms with van der Waals surface area (Å²) in [7, 11) is 0. The molecular formula is C9H15NO2. The van der Waals surface area contributed by atoms with Gasteiger partial charge >= 0.3 is 5.97 Å². The largest absolute Gasteiger partial charge is 0.481 e. The zero-order valence-electron chi connectivity index (χ0n) is 7.12. The molecule has 0 aromatic heterocycles. The standard InChI is InChI=1S/C9H15NO2/c10-9(5-8(11)12)3-1-2-6-4-7(6)9/h6-7H,1-5,10H2,(H,11,12). The first-order valence-electron chi connectivity index (χ1n) is 4.62. The highest BCUT2D eigenvalue weighted by molar-refractivity contribution is 5.68. The van der Waals surface area contributed by atoms with Crippen molar-refractivity contribution in [1.82, 2.24) is 0 Å². The molecule has 2 fully saturated rings. The molecule has 0 bridgehead atoms. The second-order valence-electron chi connectivity index (χ2n) is 4.30. The molecule has 68 valence electrons. The lowest BCUT2D eigenvalue weighted by Crippen LogP contribution is -2.46. The zero-order valence-corrected chi connectivity index (χ0v) is 7.12. The fourth-order valence-corrected chi connectivity index (χ4v) is 2.65. The number of aliphatic carboxylic acids is 1. The van der Waals surface area contributed by atoms with Crippen molar-refractivity contribution >= 4 is 5.97 Å². The van der Waals surface area contributed by atoms with Crippen LogP contribution in [0.5, 0.6) is 0 Å². The van der Waals surface area contributed by atoms with E-state index in [4.69, 9.17) is 10.8 Å². The fourth-order valence-electron chi connectivity index (χ4n) is 2.65. The second-order valence-corrected chi connectivity index (χ2v) is 4.30. The first-order valence-corrected chi connectivity index (χ1v) is 4.62. The molecule has 3 N–H and O–H groups in total. The van der Waals surface area contributed by atoms with Crippen LogP contribution in [0.2, 0.25) is 0 Å². The van der Waals surface area contributed by atoms with Crippen LogP contribution in [-0.4, -0.2) is 16.6 Å². The van der Waals surface area contributed by atoms with Crippen LogP contribution in [0.1, 0.15) is 32.1 Å². The van der Waals surface area contributed by atoms with Gasteiger partial charge in [0.15, 0.2) is 0 Å². The number of rotatable bonds is 2. The summed E-state index contributed by atoms with van der Waals surface area (Å²) in [6.45, 7) is 0. The molecule has 2 aliphatic carbocycles. The minimum absolute atomic E-state index is 0.161. The molecule has 3 nitrogen and oxygen atoms in total. The molecule has 0 aromatic carbocycles. The Morgan fingerprint density at radius 1 is 1.67 bits per heavy atom. The molecular weight excluding hydrogens is 154 g/mol. The van der Waals surface area contributed by atoms with Crippen LogP contribution in [0.3, 0.4) is 0 Å². The number of nitrogens with two attached hydrogens (primary N) is 1. The molecule has 0 radical (unpaired) electrons. The van der Waals surface area contributed by atoms with E-state index in [2.05, 4.69) is 0 Å². The Morgan fingerprint density at radius 2 is 2.42 bits per heavy atom. The van der Waals surface area contributed by atoms with Crippen LogP contribution in [-0.2, 0) is 4.79 Å². The third-order valence-corrected chi connectivity index (χ3v) is 3.36. The highest BCUT2D eigenvalue weighted by Crippen LogP contribution is 2.54. The molecule has 0 heterocycles. The molecule has 0 saturated heterocycles. The number of carbonyl (C=O) groups is 1. The van der Waals surface area contributed by atoms with Crippen LogP contribution in [0, 0.1) is 11.8 Å². The molecule has 3 heteroatoms. The number of carboxylic acids is 1. The molecule has 0 aromatic rings. The second kappa shape index (κ2) is 2.46. The van der Waals surface area contributed by atoms with E-state index in [0.29, 0.717) is 5.92 Å². The Kier molecular flexibility index (Phi) is 1.65. The van der Waals surface area contributed by atoms with Crippen molar-refractivity contribution in [2.75, 3.05) is 0 Å². The van der Waals surface area contributed by atoms with E-state index < -0.39 is 5.97 Å². The number of fused-ring (bicyclic) bond motifs is 1. The molecule has 3 unspecified atom stereocenters. The maximum Gasteiger partial charge on any atom is 0.305 e. The van der Waals surface area contributed by atoms with Gasteiger partial charge in [-0.3, -0.25) is 4.79 Å². The quantitative estimate of drug-likeness (QED) is 0.647. The summed E-state index contributed by atoms with van der Waals surface area (Å²) in [4.78, 5) is 10.6. The number of hydrogen-bond donors (Lipinski definition) is 2. The van der Waals surface area contributed by atoms with Crippen molar-refractivity contribution in [3.63, 3.8) is 0 Å². The van der Waals surface area contributed by atoms with E-state index in [-0.39, 0.29) is 12.0 Å². The van der Waals surface area contributed by atoms with Crippen LogP contribution in [0.15, 0.2) is 0 Å². The van der Waals surface area contributed by atoms with Crippen molar-refractivity contribution in [2.45, 2.75) is 37.6 Å². The maximum absolute atomic E-state index is 10.6. The van der Waals surface area contributed by atoms with Gasteiger partial charge in [-0.15, -0.1) is 0 Å². The topological polar surface area (TPSA) is 63.3 Å². The molecule has 0 aliphatic heterocycles.